The minimum atomic E-state index is -0.585. The Balaban J connectivity index is 1.37. The first-order valence-electron chi connectivity index (χ1n) is 14.4. The molecule has 0 aliphatic heterocycles. The third-order valence-electron chi connectivity index (χ3n) is 7.37. The second kappa shape index (κ2) is 13.4. The summed E-state index contributed by atoms with van der Waals surface area (Å²) in [6.07, 6.45) is 0.442. The quantitative estimate of drug-likeness (QED) is 0.0917. The molecule has 0 bridgehead atoms. The fourth-order valence-electron chi connectivity index (χ4n) is 5.22. The summed E-state index contributed by atoms with van der Waals surface area (Å²) in [5.74, 6) is 1.15. The summed E-state index contributed by atoms with van der Waals surface area (Å²) in [7, 11) is 0. The zero-order valence-corrected chi connectivity index (χ0v) is 25.3. The van der Waals surface area contributed by atoms with E-state index in [1.165, 1.54) is 23.9 Å². The number of aromatic nitrogens is 3. The number of fused-ring (bicyclic) bond motifs is 1. The lowest BCUT2D eigenvalue weighted by Crippen LogP contribution is -2.35. The molecular weight excluding hydrogens is 584 g/mol. The van der Waals surface area contributed by atoms with Crippen LogP contribution in [0.3, 0.4) is 0 Å². The normalized spacial score (nSPS) is 11.7. The molecule has 0 saturated carbocycles. The Bertz CT molecular complexity index is 1960. The van der Waals surface area contributed by atoms with E-state index < -0.39 is 11.0 Å². The number of nitrogens with zero attached hydrogens (tertiary/aromatic N) is 4. The first-order valence-corrected chi connectivity index (χ1v) is 15.4. The van der Waals surface area contributed by atoms with Crippen molar-refractivity contribution in [2.75, 3.05) is 5.32 Å². The molecule has 2 N–H and O–H groups in total. The number of anilines is 1. The Hall–Kier alpha value is -5.48. The lowest BCUT2D eigenvalue weighted by molar-refractivity contribution is -0.384. The minimum absolute atomic E-state index is 0.0178. The van der Waals surface area contributed by atoms with Crippen LogP contribution in [0.15, 0.2) is 126 Å². The van der Waals surface area contributed by atoms with Crippen LogP contribution in [0, 0.1) is 17.0 Å². The number of thioether (sulfide) groups is 1. The van der Waals surface area contributed by atoms with Gasteiger partial charge in [0.2, 0.25) is 0 Å². The highest BCUT2D eigenvalue weighted by Crippen LogP contribution is 2.30. The molecule has 2 amide bonds. The fraction of sp³-hybridized carbons (Fsp3) is 0.114. The van der Waals surface area contributed by atoms with Crippen LogP contribution in [0.2, 0.25) is 0 Å². The lowest BCUT2D eigenvalue weighted by Gasteiger charge is -2.21. The van der Waals surface area contributed by atoms with Gasteiger partial charge in [0.1, 0.15) is 0 Å². The van der Waals surface area contributed by atoms with Gasteiger partial charge in [0.15, 0.2) is 11.0 Å². The van der Waals surface area contributed by atoms with Crippen molar-refractivity contribution in [3.05, 3.63) is 154 Å². The molecule has 224 valence electrons. The van der Waals surface area contributed by atoms with Crippen LogP contribution in [0.5, 0.6) is 0 Å². The van der Waals surface area contributed by atoms with Gasteiger partial charge in [0, 0.05) is 35.4 Å². The number of carbonyl (C=O) groups is 1. The van der Waals surface area contributed by atoms with Gasteiger partial charge in [-0.15, -0.1) is 10.2 Å². The largest absolute Gasteiger partial charge is 0.327 e. The predicted octanol–water partition coefficient (Wildman–Crippen LogP) is 8.03. The molecule has 0 spiro atoms. The highest BCUT2D eigenvalue weighted by molar-refractivity contribution is 7.98. The van der Waals surface area contributed by atoms with Crippen LogP contribution in [0.25, 0.3) is 16.5 Å². The standard InChI is InChI=1S/C35H30N6O3S/c1-24-9-7-12-26(21-24)23-45-35-39-38-33(40(35)28-17-19-29(20-18-28)41(43)44)32(22-25-10-3-2-4-11-25)37-34(42)36-31-16-8-14-27-13-5-6-15-30(27)31/h2-21,32H,22-23H2,1H3,(H2,36,37,42). The van der Waals surface area contributed by atoms with E-state index in [2.05, 4.69) is 46.0 Å². The first-order chi connectivity index (χ1) is 21.9. The number of aryl methyl sites for hydroxylation is 1. The third kappa shape index (κ3) is 7.02. The molecule has 1 unspecified atom stereocenters. The Kier molecular flexibility index (Phi) is 8.84. The summed E-state index contributed by atoms with van der Waals surface area (Å²) < 4.78 is 1.87. The molecule has 1 aromatic heterocycles. The van der Waals surface area contributed by atoms with Crippen LogP contribution in [-0.4, -0.2) is 25.7 Å². The Morgan fingerprint density at radius 3 is 2.36 bits per heavy atom. The minimum Gasteiger partial charge on any atom is -0.327 e. The van der Waals surface area contributed by atoms with Crippen molar-refractivity contribution in [2.45, 2.75) is 30.3 Å². The molecule has 0 saturated heterocycles. The van der Waals surface area contributed by atoms with Crippen molar-refractivity contribution in [1.29, 1.82) is 0 Å². The van der Waals surface area contributed by atoms with Crippen molar-refractivity contribution in [1.82, 2.24) is 20.1 Å². The monoisotopic (exact) mass is 614 g/mol. The number of rotatable bonds is 10. The van der Waals surface area contributed by atoms with Crippen LogP contribution in [-0.2, 0) is 12.2 Å². The van der Waals surface area contributed by atoms with Crippen molar-refractivity contribution >= 4 is 39.9 Å². The van der Waals surface area contributed by atoms with E-state index in [0.717, 1.165) is 27.5 Å². The summed E-state index contributed by atoms with van der Waals surface area (Å²) in [5, 5.41) is 29.3. The molecule has 0 aliphatic rings. The summed E-state index contributed by atoms with van der Waals surface area (Å²) in [5.41, 5.74) is 4.62. The summed E-state index contributed by atoms with van der Waals surface area (Å²) >= 11 is 1.51. The van der Waals surface area contributed by atoms with Crippen molar-refractivity contribution in [3.63, 3.8) is 0 Å². The lowest BCUT2D eigenvalue weighted by atomic mass is 10.1. The number of benzene rings is 5. The zero-order chi connectivity index (χ0) is 31.2. The van der Waals surface area contributed by atoms with E-state index in [-0.39, 0.29) is 11.7 Å². The summed E-state index contributed by atoms with van der Waals surface area (Å²) in [6, 6.07) is 37.0. The number of amides is 2. The highest BCUT2D eigenvalue weighted by atomic mass is 32.2. The molecule has 6 rings (SSSR count). The molecule has 0 fully saturated rings. The SMILES string of the molecule is Cc1cccc(CSc2nnc(C(Cc3ccccc3)NC(=O)Nc3cccc4ccccc34)n2-c2ccc([N+](=O)[O-])cc2)c1. The van der Waals surface area contributed by atoms with Gasteiger partial charge in [0.25, 0.3) is 5.69 Å². The molecule has 0 aliphatic carbocycles. The number of nitro benzene ring substituents is 1. The second-order valence-corrected chi connectivity index (χ2v) is 11.5. The number of urea groups is 1. The van der Waals surface area contributed by atoms with Gasteiger partial charge in [-0.2, -0.15) is 0 Å². The average Bonchev–Trinajstić information content (AvgIpc) is 3.48. The number of nitrogens with one attached hydrogen (secondary N) is 2. The van der Waals surface area contributed by atoms with Gasteiger partial charge in [-0.25, -0.2) is 4.79 Å². The molecule has 6 aromatic rings. The van der Waals surface area contributed by atoms with E-state index in [9.17, 15) is 14.9 Å². The molecule has 1 atom stereocenters. The maximum atomic E-state index is 13.6. The molecule has 5 aromatic carbocycles. The topological polar surface area (TPSA) is 115 Å². The van der Waals surface area contributed by atoms with Crippen LogP contribution >= 0.6 is 11.8 Å². The van der Waals surface area contributed by atoms with E-state index in [1.54, 1.807) is 12.1 Å². The van der Waals surface area contributed by atoms with Crippen LogP contribution in [0.1, 0.15) is 28.6 Å². The van der Waals surface area contributed by atoms with Crippen molar-refractivity contribution < 1.29 is 9.72 Å². The number of hydrogen-bond donors (Lipinski definition) is 2. The van der Waals surface area contributed by atoms with Crippen molar-refractivity contribution in [3.8, 4) is 5.69 Å². The highest BCUT2D eigenvalue weighted by Gasteiger charge is 2.26. The average molecular weight is 615 g/mol. The molecular formula is C35H30N6O3S. The number of nitro groups is 1. The second-order valence-electron chi connectivity index (χ2n) is 10.6. The summed E-state index contributed by atoms with van der Waals surface area (Å²) in [4.78, 5) is 24.6. The maximum Gasteiger partial charge on any atom is 0.319 e. The van der Waals surface area contributed by atoms with Gasteiger partial charge in [-0.1, -0.05) is 108 Å². The maximum absolute atomic E-state index is 13.6. The molecule has 0 radical (unpaired) electrons. The third-order valence-corrected chi connectivity index (χ3v) is 8.37. The van der Waals surface area contributed by atoms with Gasteiger partial charge in [0.05, 0.1) is 16.7 Å². The number of hydrogen-bond acceptors (Lipinski definition) is 6. The van der Waals surface area contributed by atoms with Gasteiger partial charge < -0.3 is 10.6 Å². The number of non-ortho nitro benzene ring substituents is 1. The van der Waals surface area contributed by atoms with Gasteiger partial charge >= 0.3 is 6.03 Å². The van der Waals surface area contributed by atoms with E-state index in [4.69, 9.17) is 0 Å². The van der Waals surface area contributed by atoms with Crippen LogP contribution in [0.4, 0.5) is 16.2 Å². The smallest absolute Gasteiger partial charge is 0.319 e. The molecule has 1 heterocycles. The van der Waals surface area contributed by atoms with E-state index in [0.29, 0.717) is 34.5 Å². The number of carbonyl (C=O) groups excluding carboxylic acids is 1. The Morgan fingerprint density at radius 2 is 1.58 bits per heavy atom. The Labute approximate surface area is 264 Å². The van der Waals surface area contributed by atoms with E-state index in [1.807, 2.05) is 83.4 Å². The van der Waals surface area contributed by atoms with E-state index >= 15 is 0 Å². The zero-order valence-electron chi connectivity index (χ0n) is 24.5. The summed E-state index contributed by atoms with van der Waals surface area (Å²) in [6.45, 7) is 2.05. The van der Waals surface area contributed by atoms with Gasteiger partial charge in [-0.3, -0.25) is 14.7 Å². The Morgan fingerprint density at radius 1 is 0.867 bits per heavy atom. The molecule has 45 heavy (non-hydrogen) atoms. The molecule has 10 heteroatoms. The van der Waals surface area contributed by atoms with Crippen LogP contribution < -0.4 is 10.6 Å². The predicted molar refractivity (Wildman–Crippen MR) is 178 cm³/mol. The fourth-order valence-corrected chi connectivity index (χ4v) is 6.13. The first kappa shape index (κ1) is 29.6. The van der Waals surface area contributed by atoms with Crippen molar-refractivity contribution in [2.24, 2.45) is 0 Å². The molecule has 9 nitrogen and oxygen atoms in total. The van der Waals surface area contributed by atoms with Gasteiger partial charge in [-0.05, 0) is 41.6 Å².